The first-order chi connectivity index (χ1) is 12.5. The molecule has 0 aliphatic carbocycles. The highest BCUT2D eigenvalue weighted by atomic mass is 79.9. The number of nitrogens with zero attached hydrogens (tertiary/aromatic N) is 2. The van der Waals surface area contributed by atoms with Gasteiger partial charge in [0.15, 0.2) is 0 Å². The van der Waals surface area contributed by atoms with Crippen molar-refractivity contribution in [3.05, 3.63) is 69.7 Å². The minimum absolute atomic E-state index is 0. The summed E-state index contributed by atoms with van der Waals surface area (Å²) in [7, 11) is 0. The lowest BCUT2D eigenvalue weighted by Crippen LogP contribution is -2.64. The summed E-state index contributed by atoms with van der Waals surface area (Å²) in [6, 6.07) is 14.0. The van der Waals surface area contributed by atoms with Gasteiger partial charge in [0.05, 0.1) is 22.9 Å². The molecule has 2 aromatic carbocycles. The third-order valence-electron chi connectivity index (χ3n) is 4.28. The van der Waals surface area contributed by atoms with Gasteiger partial charge in [-0.15, -0.1) is 12.4 Å². The first kappa shape index (κ1) is 24.9. The summed E-state index contributed by atoms with van der Waals surface area (Å²) in [5, 5.41) is 0. The van der Waals surface area contributed by atoms with Gasteiger partial charge in [-0.3, -0.25) is 4.79 Å². The van der Waals surface area contributed by atoms with Gasteiger partial charge in [-0.25, -0.2) is 4.79 Å². The van der Waals surface area contributed by atoms with Crippen molar-refractivity contribution in [3.63, 3.8) is 0 Å². The van der Waals surface area contributed by atoms with Gasteiger partial charge in [0, 0.05) is 4.47 Å². The van der Waals surface area contributed by atoms with Crippen molar-refractivity contribution < 1.29 is 13.7 Å². The summed E-state index contributed by atoms with van der Waals surface area (Å²) in [4.78, 5) is 26.3. The Hall–Kier alpha value is -1.11. The Labute approximate surface area is 190 Å². The Morgan fingerprint density at radius 3 is 2.07 bits per heavy atom. The lowest BCUT2D eigenvalue weighted by Gasteiger charge is -2.40. The highest BCUT2D eigenvalue weighted by Gasteiger charge is 2.56. The maximum absolute atomic E-state index is 13.3. The zero-order valence-corrected chi connectivity index (χ0v) is 20.0. The first-order valence-corrected chi connectivity index (χ1v) is 9.98. The Kier molecular flexibility index (Phi) is 8.54. The van der Waals surface area contributed by atoms with E-state index in [-0.39, 0.29) is 12.4 Å². The van der Waals surface area contributed by atoms with E-state index in [2.05, 4.69) is 15.9 Å². The lowest BCUT2D eigenvalue weighted by atomic mass is 10.0. The maximum atomic E-state index is 13.3. The van der Waals surface area contributed by atoms with E-state index in [9.17, 15) is 9.59 Å². The van der Waals surface area contributed by atoms with Crippen LogP contribution in [0.2, 0.25) is 0 Å². The van der Waals surface area contributed by atoms with Crippen LogP contribution in [0.4, 0.5) is 0 Å². The number of carbonyl (C=O) groups excluding carboxylic acids is 2. The smallest absolute Gasteiger partial charge is 0.262 e. The van der Waals surface area contributed by atoms with E-state index in [0.29, 0.717) is 15.6 Å². The Morgan fingerprint density at radius 1 is 1.07 bits per heavy atom. The molecule has 0 aliphatic rings. The number of hydrogen-bond donors (Lipinski definition) is 0. The van der Waals surface area contributed by atoms with E-state index >= 15 is 0 Å². The largest absolute Gasteiger partial charge is 0.390 e. The molecule has 0 spiro atoms. The average Bonchev–Trinajstić information content (AvgIpc) is 2.65. The normalized spacial score (nSPS) is 13.2. The standard InChI is InChI=1S/C20H22BrCl2N2O2.ClH/c1-5-14-10-12-15(13-11-14)19(27)25(23,20(2,3)4)24(22)18(26)16-8-6-7-9-17(16)21;/h6-13H,5H2,1-4H3;1H/q+1;. The lowest BCUT2D eigenvalue weighted by molar-refractivity contribution is -0.871. The van der Waals surface area contributed by atoms with Gasteiger partial charge in [0.25, 0.3) is 0 Å². The van der Waals surface area contributed by atoms with Gasteiger partial charge < -0.3 is 0 Å². The van der Waals surface area contributed by atoms with Gasteiger partial charge in [-0.05, 0) is 77.1 Å². The number of rotatable bonds is 3. The average molecular weight is 510 g/mol. The molecule has 2 amide bonds. The minimum atomic E-state index is -0.930. The molecule has 152 valence electrons. The van der Waals surface area contributed by atoms with Gasteiger partial charge in [0.2, 0.25) is 11.8 Å². The van der Waals surface area contributed by atoms with Crippen molar-refractivity contribution in [3.8, 4) is 0 Å². The summed E-state index contributed by atoms with van der Waals surface area (Å²) in [6.45, 7) is 7.29. The highest BCUT2D eigenvalue weighted by molar-refractivity contribution is 9.10. The number of quaternary nitrogens is 1. The molecule has 2 aromatic rings. The summed E-state index contributed by atoms with van der Waals surface area (Å²) < 4.78 is 0.398. The van der Waals surface area contributed by atoms with E-state index in [1.54, 1.807) is 57.2 Å². The topological polar surface area (TPSA) is 37.4 Å². The van der Waals surface area contributed by atoms with E-state index < -0.39 is 21.5 Å². The Morgan fingerprint density at radius 2 is 1.61 bits per heavy atom. The molecule has 2 rings (SSSR count). The molecule has 0 saturated heterocycles. The third kappa shape index (κ3) is 4.71. The highest BCUT2D eigenvalue weighted by Crippen LogP contribution is 2.37. The molecule has 0 bridgehead atoms. The van der Waals surface area contributed by atoms with Crippen molar-refractivity contribution in [2.24, 2.45) is 0 Å². The van der Waals surface area contributed by atoms with Crippen molar-refractivity contribution in [1.82, 2.24) is 4.53 Å². The molecule has 4 nitrogen and oxygen atoms in total. The summed E-state index contributed by atoms with van der Waals surface area (Å²) >= 11 is 16.5. The van der Waals surface area contributed by atoms with E-state index in [1.807, 2.05) is 19.1 Å². The second-order valence-corrected chi connectivity index (χ2v) is 8.79. The van der Waals surface area contributed by atoms with Crippen LogP contribution in [0.25, 0.3) is 0 Å². The van der Waals surface area contributed by atoms with Crippen LogP contribution in [0.15, 0.2) is 53.0 Å². The fourth-order valence-corrected chi connectivity index (χ4v) is 3.57. The number of amides is 2. The van der Waals surface area contributed by atoms with E-state index in [1.165, 1.54) is 0 Å². The van der Waals surface area contributed by atoms with Gasteiger partial charge in [-0.1, -0.05) is 35.7 Å². The van der Waals surface area contributed by atoms with Crippen LogP contribution < -0.4 is 0 Å². The van der Waals surface area contributed by atoms with Gasteiger partial charge >= 0.3 is 11.8 Å². The molecule has 1 unspecified atom stereocenters. The molecule has 0 aliphatic heterocycles. The van der Waals surface area contributed by atoms with Crippen LogP contribution in [0.3, 0.4) is 0 Å². The number of carbonyl (C=O) groups is 2. The van der Waals surface area contributed by atoms with Crippen molar-refractivity contribution >= 4 is 63.7 Å². The monoisotopic (exact) mass is 507 g/mol. The third-order valence-corrected chi connectivity index (χ3v) is 6.24. The Balaban J connectivity index is 0.00000392. The van der Waals surface area contributed by atoms with E-state index in [0.717, 1.165) is 16.5 Å². The number of benzene rings is 2. The predicted molar refractivity (Wildman–Crippen MR) is 119 cm³/mol. The quantitative estimate of drug-likeness (QED) is 0.347. The van der Waals surface area contributed by atoms with Gasteiger partial charge in [0.1, 0.15) is 5.54 Å². The molecule has 0 aromatic heterocycles. The SMILES string of the molecule is CCc1ccc(C(=O)[N+](Cl)(N(Cl)C(=O)c2ccccc2Br)C(C)(C)C)cc1.Cl. The van der Waals surface area contributed by atoms with Crippen LogP contribution in [0.5, 0.6) is 0 Å². The maximum Gasteiger partial charge on any atom is 0.390 e. The van der Waals surface area contributed by atoms with Crippen LogP contribution in [0, 0.1) is 0 Å². The van der Waals surface area contributed by atoms with Gasteiger partial charge in [-0.2, -0.15) is 0 Å². The van der Waals surface area contributed by atoms with Crippen LogP contribution >= 0.6 is 51.9 Å². The van der Waals surface area contributed by atoms with Crippen molar-refractivity contribution in [2.75, 3.05) is 0 Å². The second kappa shape index (κ2) is 9.59. The molecule has 0 fully saturated rings. The van der Waals surface area contributed by atoms with Crippen LogP contribution in [-0.4, -0.2) is 26.0 Å². The second-order valence-electron chi connectivity index (χ2n) is 7.13. The van der Waals surface area contributed by atoms with Crippen molar-refractivity contribution in [2.45, 2.75) is 39.7 Å². The summed E-state index contributed by atoms with van der Waals surface area (Å²) in [5.41, 5.74) is 0.902. The molecule has 0 saturated carbocycles. The number of aryl methyl sites for hydroxylation is 1. The van der Waals surface area contributed by atoms with Crippen LogP contribution in [0.1, 0.15) is 54.0 Å². The molecular formula is C20H23BrCl3N2O2+. The molecule has 0 radical (unpaired) electrons. The minimum Gasteiger partial charge on any atom is -0.262 e. The molecule has 28 heavy (non-hydrogen) atoms. The molecule has 0 heterocycles. The predicted octanol–water partition coefficient (Wildman–Crippen LogP) is 6.55. The van der Waals surface area contributed by atoms with Crippen molar-refractivity contribution in [1.29, 1.82) is 0 Å². The number of hydrogen-bond acceptors (Lipinski definition) is 2. The zero-order chi connectivity index (χ0) is 20.4. The zero-order valence-electron chi connectivity index (χ0n) is 16.1. The molecular weight excluding hydrogens is 486 g/mol. The molecule has 8 heteroatoms. The molecule has 1 atom stereocenters. The van der Waals surface area contributed by atoms with Crippen LogP contribution in [-0.2, 0) is 6.42 Å². The summed E-state index contributed by atoms with van der Waals surface area (Å²) in [6.07, 6.45) is 0.858. The fourth-order valence-electron chi connectivity index (χ4n) is 2.56. The Bertz CT molecular complexity index is 853. The fraction of sp³-hybridized carbons (Fsp3) is 0.300. The summed E-state index contributed by atoms with van der Waals surface area (Å²) in [5.74, 6) is -1.06. The molecule has 0 N–H and O–H groups in total. The first-order valence-electron chi connectivity index (χ1n) is 8.52. The number of halogens is 4. The van der Waals surface area contributed by atoms with E-state index in [4.69, 9.17) is 23.6 Å².